The summed E-state index contributed by atoms with van der Waals surface area (Å²) in [5.41, 5.74) is 6.33. The molecule has 0 radical (unpaired) electrons. The van der Waals surface area contributed by atoms with E-state index in [2.05, 4.69) is 18.8 Å². The summed E-state index contributed by atoms with van der Waals surface area (Å²) in [6, 6.07) is 2.04. The molecule has 3 nitrogen and oxygen atoms in total. The topological polar surface area (TPSA) is 44.5 Å². The van der Waals surface area contributed by atoms with E-state index >= 15 is 0 Å². The lowest BCUT2D eigenvalue weighted by molar-refractivity contribution is 0.0417. The van der Waals surface area contributed by atoms with E-state index in [1.165, 1.54) is 4.88 Å². The van der Waals surface area contributed by atoms with Crippen LogP contribution in [0.4, 0.5) is 0 Å². The molecule has 17 heavy (non-hydrogen) atoms. The van der Waals surface area contributed by atoms with Gasteiger partial charge in [0.05, 0.1) is 26.4 Å². The Morgan fingerprint density at radius 1 is 1.29 bits per heavy atom. The summed E-state index contributed by atoms with van der Waals surface area (Å²) in [5.74, 6) is 5.83. The first-order chi connectivity index (χ1) is 8.36. The number of hydrogen-bond acceptors (Lipinski definition) is 4. The monoisotopic (exact) mass is 253 g/mol. The summed E-state index contributed by atoms with van der Waals surface area (Å²) in [6.07, 6.45) is 1.05. The van der Waals surface area contributed by atoms with Crippen molar-refractivity contribution in [2.75, 3.05) is 26.4 Å². The van der Waals surface area contributed by atoms with Crippen molar-refractivity contribution < 1.29 is 9.47 Å². The Hall–Kier alpha value is -0.860. The molecule has 0 aromatic carbocycles. The molecule has 0 unspecified atom stereocenters. The van der Waals surface area contributed by atoms with E-state index in [-0.39, 0.29) is 0 Å². The van der Waals surface area contributed by atoms with E-state index in [1.807, 2.05) is 11.4 Å². The molecule has 0 saturated heterocycles. The molecule has 0 aliphatic carbocycles. The second-order valence-electron chi connectivity index (χ2n) is 3.47. The largest absolute Gasteiger partial charge is 0.379 e. The third kappa shape index (κ3) is 6.44. The number of thiophene rings is 1. The molecule has 1 rings (SSSR count). The van der Waals surface area contributed by atoms with Crippen molar-refractivity contribution in [3.8, 4) is 11.8 Å². The van der Waals surface area contributed by atoms with Crippen molar-refractivity contribution >= 4 is 11.3 Å². The zero-order chi connectivity index (χ0) is 12.3. The fourth-order valence-electron chi connectivity index (χ4n) is 1.21. The molecule has 0 amide bonds. The van der Waals surface area contributed by atoms with Crippen LogP contribution in [0, 0.1) is 11.8 Å². The number of hydrogen-bond donors (Lipinski definition) is 1. The molecule has 0 aliphatic heterocycles. The lowest BCUT2D eigenvalue weighted by Gasteiger charge is -2.03. The zero-order valence-electron chi connectivity index (χ0n) is 10.2. The maximum absolute atomic E-state index is 5.50. The minimum Gasteiger partial charge on any atom is -0.379 e. The highest BCUT2D eigenvalue weighted by atomic mass is 32.1. The average molecular weight is 253 g/mol. The van der Waals surface area contributed by atoms with Crippen LogP contribution in [0.1, 0.15) is 23.8 Å². The van der Waals surface area contributed by atoms with Crippen LogP contribution in [0.3, 0.4) is 0 Å². The predicted octanol–water partition coefficient (Wildman–Crippen LogP) is 2.00. The molecule has 0 spiro atoms. The van der Waals surface area contributed by atoms with Crippen LogP contribution >= 0.6 is 11.3 Å². The average Bonchev–Trinajstić information content (AvgIpc) is 2.79. The van der Waals surface area contributed by atoms with Crippen LogP contribution in [0.15, 0.2) is 11.4 Å². The van der Waals surface area contributed by atoms with Gasteiger partial charge in [-0.3, -0.25) is 0 Å². The van der Waals surface area contributed by atoms with E-state index < -0.39 is 0 Å². The Kier molecular flexibility index (Phi) is 7.69. The summed E-state index contributed by atoms with van der Waals surface area (Å²) in [4.78, 5) is 1.18. The fourth-order valence-corrected chi connectivity index (χ4v) is 1.96. The molecule has 0 atom stereocenters. The van der Waals surface area contributed by atoms with Crippen molar-refractivity contribution in [2.24, 2.45) is 5.73 Å². The molecule has 0 aliphatic rings. The molecule has 1 aromatic heterocycles. The van der Waals surface area contributed by atoms with Crippen LogP contribution in [0.25, 0.3) is 0 Å². The third-order valence-electron chi connectivity index (χ3n) is 1.95. The van der Waals surface area contributed by atoms with Crippen LogP contribution in [-0.2, 0) is 16.1 Å². The SMILES string of the molecule is CCCOCCOCc1cc(C#CCN)cs1. The molecule has 0 saturated carbocycles. The Morgan fingerprint density at radius 3 is 2.88 bits per heavy atom. The van der Waals surface area contributed by atoms with Gasteiger partial charge in [0.15, 0.2) is 0 Å². The van der Waals surface area contributed by atoms with Crippen LogP contribution in [0.2, 0.25) is 0 Å². The lowest BCUT2D eigenvalue weighted by Crippen LogP contribution is -2.04. The Morgan fingerprint density at radius 2 is 2.12 bits per heavy atom. The van der Waals surface area contributed by atoms with Crippen LogP contribution in [-0.4, -0.2) is 26.4 Å². The predicted molar refractivity (Wildman–Crippen MR) is 71.0 cm³/mol. The number of rotatable bonds is 7. The number of ether oxygens (including phenoxy) is 2. The van der Waals surface area contributed by atoms with Gasteiger partial charge in [-0.05, 0) is 12.5 Å². The van der Waals surface area contributed by atoms with E-state index in [1.54, 1.807) is 11.3 Å². The first-order valence-electron chi connectivity index (χ1n) is 5.78. The van der Waals surface area contributed by atoms with Crippen LogP contribution in [0.5, 0.6) is 0 Å². The van der Waals surface area contributed by atoms with Gasteiger partial charge in [-0.2, -0.15) is 0 Å². The first kappa shape index (κ1) is 14.2. The van der Waals surface area contributed by atoms with E-state index in [9.17, 15) is 0 Å². The smallest absolute Gasteiger partial charge is 0.0810 e. The second kappa shape index (κ2) is 9.20. The third-order valence-corrected chi connectivity index (χ3v) is 2.86. The summed E-state index contributed by atoms with van der Waals surface area (Å²) >= 11 is 1.66. The second-order valence-corrected chi connectivity index (χ2v) is 4.47. The van der Waals surface area contributed by atoms with Gasteiger partial charge in [0.25, 0.3) is 0 Å². The van der Waals surface area contributed by atoms with Crippen molar-refractivity contribution in [1.29, 1.82) is 0 Å². The van der Waals surface area contributed by atoms with E-state index in [0.29, 0.717) is 26.4 Å². The highest BCUT2D eigenvalue weighted by Crippen LogP contribution is 2.14. The number of nitrogens with two attached hydrogens (primary N) is 1. The highest BCUT2D eigenvalue weighted by molar-refractivity contribution is 7.10. The minimum atomic E-state index is 0.399. The molecular formula is C13H19NO2S. The quantitative estimate of drug-likeness (QED) is 0.597. The summed E-state index contributed by atoms with van der Waals surface area (Å²) < 4.78 is 10.8. The molecule has 2 N–H and O–H groups in total. The highest BCUT2D eigenvalue weighted by Gasteiger charge is 1.98. The maximum atomic E-state index is 5.50. The van der Waals surface area contributed by atoms with Gasteiger partial charge >= 0.3 is 0 Å². The standard InChI is InChI=1S/C13H19NO2S/c1-2-6-15-7-8-16-10-13-9-12(11-17-13)4-3-5-14/h9,11H,2,5-8,10,14H2,1H3. The molecule has 94 valence electrons. The van der Waals surface area contributed by atoms with Gasteiger partial charge in [-0.15, -0.1) is 11.3 Å². The van der Waals surface area contributed by atoms with Crippen molar-refractivity contribution in [3.05, 3.63) is 21.9 Å². The summed E-state index contributed by atoms with van der Waals surface area (Å²) in [6.45, 7) is 5.24. The minimum absolute atomic E-state index is 0.399. The van der Waals surface area contributed by atoms with Crippen molar-refractivity contribution in [1.82, 2.24) is 0 Å². The summed E-state index contributed by atoms with van der Waals surface area (Å²) in [7, 11) is 0. The zero-order valence-corrected chi connectivity index (χ0v) is 11.0. The molecule has 0 fully saturated rings. The summed E-state index contributed by atoms with van der Waals surface area (Å²) in [5, 5.41) is 2.02. The molecule has 1 aromatic rings. The fraction of sp³-hybridized carbons (Fsp3) is 0.538. The molecule has 4 heteroatoms. The lowest BCUT2D eigenvalue weighted by atomic mass is 10.3. The van der Waals surface area contributed by atoms with Gasteiger partial charge in [0.2, 0.25) is 0 Å². The van der Waals surface area contributed by atoms with Crippen LogP contribution < -0.4 is 5.73 Å². The Balaban J connectivity index is 2.16. The van der Waals surface area contributed by atoms with Gasteiger partial charge < -0.3 is 15.2 Å². The Labute approximate surface area is 107 Å². The van der Waals surface area contributed by atoms with Crippen molar-refractivity contribution in [2.45, 2.75) is 20.0 Å². The van der Waals surface area contributed by atoms with Gasteiger partial charge in [0.1, 0.15) is 0 Å². The molecular weight excluding hydrogens is 234 g/mol. The van der Waals surface area contributed by atoms with E-state index in [4.69, 9.17) is 15.2 Å². The van der Waals surface area contributed by atoms with E-state index in [0.717, 1.165) is 18.6 Å². The molecule has 1 heterocycles. The van der Waals surface area contributed by atoms with Gasteiger partial charge in [0, 0.05) is 22.4 Å². The Bertz CT molecular complexity index is 365. The normalized spacial score (nSPS) is 10.0. The molecule has 0 bridgehead atoms. The van der Waals surface area contributed by atoms with Crippen molar-refractivity contribution in [3.63, 3.8) is 0 Å². The van der Waals surface area contributed by atoms with Gasteiger partial charge in [-0.25, -0.2) is 0 Å². The van der Waals surface area contributed by atoms with Gasteiger partial charge in [-0.1, -0.05) is 18.8 Å². The maximum Gasteiger partial charge on any atom is 0.0810 e. The first-order valence-corrected chi connectivity index (χ1v) is 6.66.